The van der Waals surface area contributed by atoms with E-state index in [1.165, 1.54) is 4.90 Å². The highest BCUT2D eigenvalue weighted by atomic mass is 16.2. The fourth-order valence-corrected chi connectivity index (χ4v) is 3.15. The lowest BCUT2D eigenvalue weighted by molar-refractivity contribution is -0.895. The van der Waals surface area contributed by atoms with E-state index in [9.17, 15) is 9.59 Å². The maximum absolute atomic E-state index is 12.5. The number of rotatable bonds is 9. The van der Waals surface area contributed by atoms with Gasteiger partial charge in [-0.15, -0.1) is 0 Å². The van der Waals surface area contributed by atoms with Gasteiger partial charge in [0.25, 0.3) is 11.8 Å². The van der Waals surface area contributed by atoms with Crippen molar-refractivity contribution in [3.8, 4) is 5.69 Å². The minimum absolute atomic E-state index is 0.103. The van der Waals surface area contributed by atoms with Gasteiger partial charge in [-0.2, -0.15) is 5.10 Å². The van der Waals surface area contributed by atoms with Crippen LogP contribution in [0.1, 0.15) is 34.6 Å². The van der Waals surface area contributed by atoms with Gasteiger partial charge >= 0.3 is 0 Å². The van der Waals surface area contributed by atoms with Gasteiger partial charge in [-0.05, 0) is 68.4 Å². The summed E-state index contributed by atoms with van der Waals surface area (Å²) in [6.07, 6.45) is 3.55. The molecule has 0 aliphatic carbocycles. The standard InChI is InChI=1S/C23H27N5O2/c1-3-27(4-2)17-15-24-22(29)18-6-10-20(11-7-18)26-23(30)19-8-12-21(13-9-19)28-16-5-14-25-28/h5-14,16H,3-4,15,17H2,1-2H3,(H,24,29)(H,26,30)/p+1. The lowest BCUT2D eigenvalue weighted by Crippen LogP contribution is -3.12. The molecule has 0 aliphatic rings. The topological polar surface area (TPSA) is 80.5 Å². The summed E-state index contributed by atoms with van der Waals surface area (Å²) < 4.78 is 1.73. The van der Waals surface area contributed by atoms with E-state index in [4.69, 9.17) is 0 Å². The SMILES string of the molecule is CC[NH+](CC)CCNC(=O)c1ccc(NC(=O)c2ccc(-n3cccn3)cc2)cc1. The van der Waals surface area contributed by atoms with Crippen LogP contribution in [0.25, 0.3) is 5.69 Å². The number of nitrogens with zero attached hydrogens (tertiary/aromatic N) is 2. The first-order valence-corrected chi connectivity index (χ1v) is 10.2. The Morgan fingerprint density at radius 2 is 1.57 bits per heavy atom. The zero-order valence-corrected chi connectivity index (χ0v) is 17.4. The van der Waals surface area contributed by atoms with Crippen molar-refractivity contribution in [1.29, 1.82) is 0 Å². The van der Waals surface area contributed by atoms with Crippen LogP contribution in [0, 0.1) is 0 Å². The predicted molar refractivity (Wildman–Crippen MR) is 117 cm³/mol. The Hall–Kier alpha value is -3.45. The summed E-state index contributed by atoms with van der Waals surface area (Å²) in [5.41, 5.74) is 2.65. The number of carbonyl (C=O) groups excluding carboxylic acids is 2. The second kappa shape index (κ2) is 10.4. The van der Waals surface area contributed by atoms with Crippen LogP contribution in [0.15, 0.2) is 67.0 Å². The molecule has 0 aliphatic heterocycles. The van der Waals surface area contributed by atoms with E-state index in [-0.39, 0.29) is 11.8 Å². The van der Waals surface area contributed by atoms with Crippen molar-refractivity contribution >= 4 is 17.5 Å². The van der Waals surface area contributed by atoms with Crippen molar-refractivity contribution in [2.75, 3.05) is 31.5 Å². The lowest BCUT2D eigenvalue weighted by atomic mass is 10.1. The van der Waals surface area contributed by atoms with Gasteiger partial charge in [0.1, 0.15) is 0 Å². The summed E-state index contributed by atoms with van der Waals surface area (Å²) >= 11 is 0. The van der Waals surface area contributed by atoms with Crippen LogP contribution in [0.5, 0.6) is 0 Å². The fourth-order valence-electron chi connectivity index (χ4n) is 3.15. The average Bonchev–Trinajstić information content (AvgIpc) is 3.32. The maximum atomic E-state index is 12.5. The van der Waals surface area contributed by atoms with E-state index in [1.54, 1.807) is 47.3 Å². The molecule has 0 bridgehead atoms. The van der Waals surface area contributed by atoms with Gasteiger partial charge in [0.2, 0.25) is 0 Å². The molecule has 7 heteroatoms. The first kappa shape index (κ1) is 21.3. The van der Waals surface area contributed by atoms with Crippen LogP contribution in [0.4, 0.5) is 5.69 Å². The Balaban J connectivity index is 1.53. The first-order chi connectivity index (χ1) is 14.6. The van der Waals surface area contributed by atoms with Crippen molar-refractivity contribution in [2.24, 2.45) is 0 Å². The Bertz CT molecular complexity index is 946. The number of hydrogen-bond donors (Lipinski definition) is 3. The third-order valence-electron chi connectivity index (χ3n) is 5.07. The van der Waals surface area contributed by atoms with E-state index >= 15 is 0 Å². The summed E-state index contributed by atoms with van der Waals surface area (Å²) in [7, 11) is 0. The number of anilines is 1. The van der Waals surface area contributed by atoms with Crippen molar-refractivity contribution in [3.63, 3.8) is 0 Å². The number of amides is 2. The number of nitrogens with one attached hydrogen (secondary N) is 3. The largest absolute Gasteiger partial charge is 0.346 e. The predicted octanol–water partition coefficient (Wildman–Crippen LogP) is 1.78. The summed E-state index contributed by atoms with van der Waals surface area (Å²) in [6.45, 7) is 7.93. The van der Waals surface area contributed by atoms with Gasteiger partial charge in [0.05, 0.1) is 31.9 Å². The number of hydrogen-bond acceptors (Lipinski definition) is 3. The summed E-state index contributed by atoms with van der Waals surface area (Å²) in [5, 5.41) is 9.97. The number of quaternary nitrogens is 1. The minimum atomic E-state index is -0.207. The molecule has 30 heavy (non-hydrogen) atoms. The molecule has 0 atom stereocenters. The number of aromatic nitrogens is 2. The number of benzene rings is 2. The summed E-state index contributed by atoms with van der Waals surface area (Å²) in [4.78, 5) is 26.2. The minimum Gasteiger partial charge on any atom is -0.346 e. The van der Waals surface area contributed by atoms with E-state index in [0.717, 1.165) is 25.3 Å². The van der Waals surface area contributed by atoms with Crippen molar-refractivity contribution < 1.29 is 14.5 Å². The van der Waals surface area contributed by atoms with E-state index < -0.39 is 0 Å². The van der Waals surface area contributed by atoms with Gasteiger partial charge in [0, 0.05) is 29.2 Å². The molecule has 1 aromatic heterocycles. The third-order valence-corrected chi connectivity index (χ3v) is 5.07. The molecular formula is C23H28N5O2+. The molecule has 3 N–H and O–H groups in total. The fraction of sp³-hybridized carbons (Fsp3) is 0.261. The Kier molecular flexibility index (Phi) is 7.34. The van der Waals surface area contributed by atoms with Crippen molar-refractivity contribution in [1.82, 2.24) is 15.1 Å². The third kappa shape index (κ3) is 5.55. The van der Waals surface area contributed by atoms with Crippen LogP contribution in [0.3, 0.4) is 0 Å². The maximum Gasteiger partial charge on any atom is 0.255 e. The van der Waals surface area contributed by atoms with E-state index in [1.807, 2.05) is 24.4 Å². The molecule has 0 radical (unpaired) electrons. The molecule has 0 saturated carbocycles. The van der Waals surface area contributed by atoms with Crippen LogP contribution in [-0.2, 0) is 0 Å². The lowest BCUT2D eigenvalue weighted by Gasteiger charge is -2.15. The molecule has 0 saturated heterocycles. The van der Waals surface area contributed by atoms with Crippen molar-refractivity contribution in [2.45, 2.75) is 13.8 Å². The molecule has 3 aromatic rings. The second-order valence-corrected chi connectivity index (χ2v) is 6.99. The highest BCUT2D eigenvalue weighted by molar-refractivity contribution is 6.04. The smallest absolute Gasteiger partial charge is 0.255 e. The van der Waals surface area contributed by atoms with Gasteiger partial charge < -0.3 is 15.5 Å². The average molecular weight is 407 g/mol. The monoisotopic (exact) mass is 406 g/mol. The van der Waals surface area contributed by atoms with Crippen LogP contribution in [0.2, 0.25) is 0 Å². The molecule has 0 spiro atoms. The van der Waals surface area contributed by atoms with Gasteiger partial charge in [-0.25, -0.2) is 4.68 Å². The van der Waals surface area contributed by atoms with Gasteiger partial charge in [-0.1, -0.05) is 0 Å². The summed E-state index contributed by atoms with van der Waals surface area (Å²) in [5.74, 6) is -0.310. The Morgan fingerprint density at radius 3 is 2.17 bits per heavy atom. The quantitative estimate of drug-likeness (QED) is 0.507. The Morgan fingerprint density at radius 1 is 0.933 bits per heavy atom. The highest BCUT2D eigenvalue weighted by Crippen LogP contribution is 2.13. The molecule has 0 fully saturated rings. The van der Waals surface area contributed by atoms with E-state index in [0.29, 0.717) is 23.4 Å². The van der Waals surface area contributed by atoms with E-state index in [2.05, 4.69) is 29.6 Å². The number of carbonyl (C=O) groups is 2. The van der Waals surface area contributed by atoms with Crippen LogP contribution < -0.4 is 15.5 Å². The molecule has 2 amide bonds. The Labute approximate surface area is 176 Å². The highest BCUT2D eigenvalue weighted by Gasteiger charge is 2.10. The molecule has 1 heterocycles. The molecular weight excluding hydrogens is 378 g/mol. The van der Waals surface area contributed by atoms with Gasteiger partial charge in [-0.3, -0.25) is 9.59 Å². The van der Waals surface area contributed by atoms with Gasteiger partial charge in [0.15, 0.2) is 0 Å². The first-order valence-electron chi connectivity index (χ1n) is 10.2. The molecule has 3 rings (SSSR count). The normalized spacial score (nSPS) is 10.8. The zero-order chi connectivity index (χ0) is 21.3. The van der Waals surface area contributed by atoms with Crippen LogP contribution >= 0.6 is 0 Å². The molecule has 0 unspecified atom stereocenters. The van der Waals surface area contributed by atoms with Crippen molar-refractivity contribution in [3.05, 3.63) is 78.1 Å². The number of likely N-dealkylation sites (N-methyl/N-ethyl adjacent to an activating group) is 1. The molecule has 7 nitrogen and oxygen atoms in total. The molecule has 156 valence electrons. The summed E-state index contributed by atoms with van der Waals surface area (Å²) in [6, 6.07) is 16.0. The van der Waals surface area contributed by atoms with Crippen LogP contribution in [-0.4, -0.2) is 47.8 Å². The molecule has 2 aromatic carbocycles. The zero-order valence-electron chi connectivity index (χ0n) is 17.4. The second-order valence-electron chi connectivity index (χ2n) is 6.99.